The maximum atomic E-state index is 12.5. The van der Waals surface area contributed by atoms with Crippen LogP contribution in [0.2, 0.25) is 0 Å². The molecule has 0 radical (unpaired) electrons. The Morgan fingerprint density at radius 2 is 2.00 bits per heavy atom. The molecular formula is C22H29N3O4. The Kier molecular flexibility index (Phi) is 5.58. The van der Waals surface area contributed by atoms with Crippen molar-refractivity contribution in [2.24, 2.45) is 11.3 Å². The first kappa shape index (κ1) is 19.9. The molecule has 7 nitrogen and oxygen atoms in total. The van der Waals surface area contributed by atoms with Gasteiger partial charge < -0.3 is 15.3 Å². The van der Waals surface area contributed by atoms with Crippen molar-refractivity contribution in [3.05, 3.63) is 35.4 Å². The number of carbonyl (C=O) groups excluding carboxylic acids is 2. The average Bonchev–Trinajstić information content (AvgIpc) is 3.36. The summed E-state index contributed by atoms with van der Waals surface area (Å²) in [4.78, 5) is 40.1. The van der Waals surface area contributed by atoms with Crippen molar-refractivity contribution < 1.29 is 19.5 Å². The van der Waals surface area contributed by atoms with E-state index in [2.05, 4.69) is 5.32 Å². The highest BCUT2D eigenvalue weighted by molar-refractivity contribution is 5.80. The van der Waals surface area contributed by atoms with E-state index in [0.717, 1.165) is 36.9 Å². The third kappa shape index (κ3) is 4.01. The quantitative estimate of drug-likeness (QED) is 0.727. The zero-order chi connectivity index (χ0) is 20.4. The number of likely N-dealkylation sites (tertiary alicyclic amines) is 2. The van der Waals surface area contributed by atoms with Crippen molar-refractivity contribution in [1.29, 1.82) is 0 Å². The van der Waals surface area contributed by atoms with Crippen LogP contribution in [-0.2, 0) is 27.5 Å². The van der Waals surface area contributed by atoms with Crippen LogP contribution in [-0.4, -0.2) is 58.9 Å². The summed E-state index contributed by atoms with van der Waals surface area (Å²) in [6.45, 7) is 3.18. The smallest absolute Gasteiger partial charge is 0.311 e. The van der Waals surface area contributed by atoms with Gasteiger partial charge in [-0.3, -0.25) is 19.3 Å². The topological polar surface area (TPSA) is 89.9 Å². The van der Waals surface area contributed by atoms with E-state index >= 15 is 0 Å². The standard InChI is InChI=1S/C22H29N3O4/c26-19(14-24-13-18-7-3-9-22(18,15-24)21(28)29)23-11-16-5-1-2-6-17(16)12-25-10-4-8-20(25)27/h1-2,5-6,18H,3-4,7-15H2,(H,23,26)(H,28,29)/t18-,22+/m0/s1. The SMILES string of the molecule is O=C(CN1C[C@@H]2CCC[C@@]2(C(=O)O)C1)NCc1ccccc1CN1CCCC1=O. The van der Waals surface area contributed by atoms with Crippen LogP contribution in [0.25, 0.3) is 0 Å². The Balaban J connectivity index is 1.32. The van der Waals surface area contributed by atoms with Crippen LogP contribution in [0.4, 0.5) is 0 Å². The predicted molar refractivity (Wildman–Crippen MR) is 107 cm³/mol. The molecule has 156 valence electrons. The summed E-state index contributed by atoms with van der Waals surface area (Å²) in [6.07, 6.45) is 4.15. The van der Waals surface area contributed by atoms with Crippen molar-refractivity contribution in [1.82, 2.24) is 15.1 Å². The van der Waals surface area contributed by atoms with Gasteiger partial charge in [-0.2, -0.15) is 0 Å². The number of carboxylic acids is 1. The summed E-state index contributed by atoms with van der Waals surface area (Å²) >= 11 is 0. The van der Waals surface area contributed by atoms with Gasteiger partial charge in [0.2, 0.25) is 11.8 Å². The number of carboxylic acid groups (broad SMARTS) is 1. The highest BCUT2D eigenvalue weighted by atomic mass is 16.4. The molecule has 3 aliphatic rings. The second kappa shape index (κ2) is 8.14. The van der Waals surface area contributed by atoms with E-state index in [1.165, 1.54) is 0 Å². The first-order valence-electron chi connectivity index (χ1n) is 10.5. The number of nitrogens with one attached hydrogen (secondary N) is 1. The minimum absolute atomic E-state index is 0.0856. The number of carbonyl (C=O) groups is 3. The lowest BCUT2D eigenvalue weighted by Gasteiger charge is -2.23. The fourth-order valence-corrected chi connectivity index (χ4v) is 5.28. The Labute approximate surface area is 171 Å². The molecule has 1 saturated carbocycles. The van der Waals surface area contributed by atoms with Crippen molar-refractivity contribution in [2.75, 3.05) is 26.2 Å². The van der Waals surface area contributed by atoms with Gasteiger partial charge in [0.1, 0.15) is 0 Å². The molecule has 7 heteroatoms. The van der Waals surface area contributed by atoms with Gasteiger partial charge in [-0.15, -0.1) is 0 Å². The second-order valence-corrected chi connectivity index (χ2v) is 8.68. The molecule has 0 unspecified atom stereocenters. The molecule has 0 aromatic heterocycles. The molecule has 2 N–H and O–H groups in total. The zero-order valence-electron chi connectivity index (χ0n) is 16.7. The Morgan fingerprint density at radius 3 is 2.69 bits per heavy atom. The van der Waals surface area contributed by atoms with Gasteiger partial charge >= 0.3 is 5.97 Å². The Morgan fingerprint density at radius 1 is 1.21 bits per heavy atom. The molecule has 0 bridgehead atoms. The molecule has 2 atom stereocenters. The van der Waals surface area contributed by atoms with E-state index in [1.54, 1.807) is 0 Å². The number of nitrogens with zero attached hydrogens (tertiary/aromatic N) is 2. The van der Waals surface area contributed by atoms with Crippen LogP contribution in [0.3, 0.4) is 0 Å². The number of aliphatic carboxylic acids is 1. The molecular weight excluding hydrogens is 370 g/mol. The van der Waals surface area contributed by atoms with Crippen LogP contribution < -0.4 is 5.32 Å². The van der Waals surface area contributed by atoms with E-state index < -0.39 is 11.4 Å². The summed E-state index contributed by atoms with van der Waals surface area (Å²) in [7, 11) is 0. The van der Waals surface area contributed by atoms with Crippen molar-refractivity contribution in [2.45, 2.75) is 45.2 Å². The number of amides is 2. The molecule has 2 heterocycles. The summed E-state index contributed by atoms with van der Waals surface area (Å²) in [6, 6.07) is 7.88. The molecule has 1 aliphatic carbocycles. The van der Waals surface area contributed by atoms with Gasteiger partial charge in [-0.25, -0.2) is 0 Å². The van der Waals surface area contributed by atoms with Gasteiger partial charge in [0.25, 0.3) is 0 Å². The van der Waals surface area contributed by atoms with E-state index in [9.17, 15) is 19.5 Å². The average molecular weight is 399 g/mol. The molecule has 3 fully saturated rings. The maximum Gasteiger partial charge on any atom is 0.311 e. The molecule has 2 amide bonds. The molecule has 1 aromatic rings. The number of hydrogen-bond acceptors (Lipinski definition) is 4. The van der Waals surface area contributed by atoms with Crippen LogP contribution >= 0.6 is 0 Å². The largest absolute Gasteiger partial charge is 0.481 e. The summed E-state index contributed by atoms with van der Waals surface area (Å²) in [5, 5.41) is 12.7. The van der Waals surface area contributed by atoms with Gasteiger partial charge in [-0.1, -0.05) is 30.7 Å². The van der Waals surface area contributed by atoms with E-state index in [4.69, 9.17) is 0 Å². The van der Waals surface area contributed by atoms with Gasteiger partial charge in [0, 0.05) is 39.1 Å². The molecule has 2 aliphatic heterocycles. The maximum absolute atomic E-state index is 12.5. The third-order valence-corrected chi connectivity index (χ3v) is 6.86. The van der Waals surface area contributed by atoms with Gasteiger partial charge in [0.05, 0.1) is 12.0 Å². The summed E-state index contributed by atoms with van der Waals surface area (Å²) < 4.78 is 0. The fraction of sp³-hybridized carbons (Fsp3) is 0.591. The number of fused-ring (bicyclic) bond motifs is 1. The lowest BCUT2D eigenvalue weighted by molar-refractivity contribution is -0.149. The molecule has 1 aromatic carbocycles. The van der Waals surface area contributed by atoms with E-state index in [1.807, 2.05) is 34.1 Å². The lowest BCUT2D eigenvalue weighted by atomic mass is 9.81. The van der Waals surface area contributed by atoms with Crippen molar-refractivity contribution in [3.63, 3.8) is 0 Å². The van der Waals surface area contributed by atoms with Crippen LogP contribution in [0.5, 0.6) is 0 Å². The van der Waals surface area contributed by atoms with Crippen molar-refractivity contribution >= 4 is 17.8 Å². The Hall–Kier alpha value is -2.41. The molecule has 4 rings (SSSR count). The first-order valence-corrected chi connectivity index (χ1v) is 10.5. The minimum Gasteiger partial charge on any atom is -0.481 e. The van der Waals surface area contributed by atoms with Gasteiger partial charge in [0.15, 0.2) is 0 Å². The summed E-state index contributed by atoms with van der Waals surface area (Å²) in [5.41, 5.74) is 1.42. The second-order valence-electron chi connectivity index (χ2n) is 8.68. The minimum atomic E-state index is -0.715. The fourth-order valence-electron chi connectivity index (χ4n) is 5.28. The van der Waals surface area contributed by atoms with E-state index in [-0.39, 0.29) is 24.3 Å². The Bertz CT molecular complexity index is 811. The highest BCUT2D eigenvalue weighted by Crippen LogP contribution is 2.48. The first-order chi connectivity index (χ1) is 14.0. The predicted octanol–water partition coefficient (Wildman–Crippen LogP) is 1.61. The summed E-state index contributed by atoms with van der Waals surface area (Å²) in [5.74, 6) is -0.451. The van der Waals surface area contributed by atoms with Crippen LogP contribution in [0.15, 0.2) is 24.3 Å². The molecule has 2 saturated heterocycles. The van der Waals surface area contributed by atoms with E-state index in [0.29, 0.717) is 39.0 Å². The lowest BCUT2D eigenvalue weighted by Crippen LogP contribution is -2.39. The zero-order valence-corrected chi connectivity index (χ0v) is 16.7. The van der Waals surface area contributed by atoms with Crippen molar-refractivity contribution in [3.8, 4) is 0 Å². The normalized spacial score (nSPS) is 26.7. The monoisotopic (exact) mass is 399 g/mol. The number of hydrogen-bond donors (Lipinski definition) is 2. The van der Waals surface area contributed by atoms with Crippen LogP contribution in [0, 0.1) is 11.3 Å². The number of benzene rings is 1. The highest BCUT2D eigenvalue weighted by Gasteiger charge is 2.54. The molecule has 0 spiro atoms. The van der Waals surface area contributed by atoms with Gasteiger partial charge in [-0.05, 0) is 36.3 Å². The number of rotatable bonds is 7. The molecule has 29 heavy (non-hydrogen) atoms. The van der Waals surface area contributed by atoms with Crippen LogP contribution in [0.1, 0.15) is 43.2 Å². The third-order valence-electron chi connectivity index (χ3n) is 6.86.